The van der Waals surface area contributed by atoms with Gasteiger partial charge in [-0.2, -0.15) is 0 Å². The third-order valence-corrected chi connectivity index (χ3v) is 3.31. The Hall–Kier alpha value is -2.50. The molecule has 0 fully saturated rings. The van der Waals surface area contributed by atoms with Crippen LogP contribution in [-0.2, 0) is 0 Å². The summed E-state index contributed by atoms with van der Waals surface area (Å²) in [6.07, 6.45) is 6.72. The zero-order valence-electron chi connectivity index (χ0n) is 11.8. The first-order valence-corrected chi connectivity index (χ1v) is 6.74. The van der Waals surface area contributed by atoms with Crippen LogP contribution in [0.2, 0.25) is 0 Å². The second-order valence-corrected chi connectivity index (χ2v) is 4.80. The summed E-state index contributed by atoms with van der Waals surface area (Å²) in [5.41, 5.74) is 0.236. The van der Waals surface area contributed by atoms with E-state index in [1.807, 2.05) is 6.08 Å². The topological polar surface area (TPSA) is 87.7 Å². The van der Waals surface area contributed by atoms with E-state index >= 15 is 0 Å². The maximum Gasteiger partial charge on any atom is 0.337 e. The molecule has 3 N–H and O–H groups in total. The molecule has 112 valence electrons. The number of carbonyl (C=O) groups excluding carboxylic acids is 1. The van der Waals surface area contributed by atoms with Crippen molar-refractivity contribution in [2.24, 2.45) is 0 Å². The van der Waals surface area contributed by atoms with Crippen LogP contribution in [0, 0.1) is 0 Å². The smallest absolute Gasteiger partial charge is 0.337 e. The van der Waals surface area contributed by atoms with Gasteiger partial charge in [-0.25, -0.2) is 9.59 Å². The fraction of sp³-hybridized carbons (Fsp3) is 0.333. The van der Waals surface area contributed by atoms with Gasteiger partial charge in [0.2, 0.25) is 0 Å². The number of carboxylic acids is 1. The molecule has 0 saturated heterocycles. The molecule has 1 unspecified atom stereocenters. The Balaban J connectivity index is 2.08. The minimum atomic E-state index is -1.10. The quantitative estimate of drug-likeness (QED) is 0.744. The molecule has 6 nitrogen and oxygen atoms in total. The summed E-state index contributed by atoms with van der Waals surface area (Å²) >= 11 is 0. The molecule has 0 aromatic heterocycles. The highest BCUT2D eigenvalue weighted by atomic mass is 16.5. The summed E-state index contributed by atoms with van der Waals surface area (Å²) in [6.45, 7) is 0. The number of urea groups is 1. The van der Waals surface area contributed by atoms with Crippen molar-refractivity contribution in [3.8, 4) is 5.75 Å². The van der Waals surface area contributed by atoms with E-state index in [0.29, 0.717) is 5.75 Å². The minimum absolute atomic E-state index is 0.0227. The van der Waals surface area contributed by atoms with Crippen LogP contribution in [0.25, 0.3) is 0 Å². The van der Waals surface area contributed by atoms with Crippen LogP contribution < -0.4 is 15.4 Å². The molecule has 1 aromatic carbocycles. The van der Waals surface area contributed by atoms with Gasteiger partial charge in [0.25, 0.3) is 0 Å². The molecule has 0 spiro atoms. The van der Waals surface area contributed by atoms with E-state index in [2.05, 4.69) is 16.7 Å². The molecule has 1 atom stereocenters. The normalized spacial score (nSPS) is 17.1. The van der Waals surface area contributed by atoms with Gasteiger partial charge in [-0.15, -0.1) is 0 Å². The number of carbonyl (C=O) groups is 2. The van der Waals surface area contributed by atoms with E-state index in [9.17, 15) is 9.59 Å². The highest BCUT2D eigenvalue weighted by Crippen LogP contribution is 2.22. The Morgan fingerprint density at radius 3 is 2.76 bits per heavy atom. The van der Waals surface area contributed by atoms with Crippen molar-refractivity contribution in [3.05, 3.63) is 35.9 Å². The van der Waals surface area contributed by atoms with Crippen LogP contribution in [0.4, 0.5) is 10.5 Å². The van der Waals surface area contributed by atoms with Crippen LogP contribution in [-0.4, -0.2) is 30.3 Å². The fourth-order valence-electron chi connectivity index (χ4n) is 2.21. The summed E-state index contributed by atoms with van der Waals surface area (Å²) in [6, 6.07) is 4.10. The van der Waals surface area contributed by atoms with Crippen LogP contribution in [0.3, 0.4) is 0 Å². The largest absolute Gasteiger partial charge is 0.497 e. The Morgan fingerprint density at radius 2 is 2.14 bits per heavy atom. The number of methoxy groups -OCH3 is 1. The number of benzene rings is 1. The molecule has 0 radical (unpaired) electrons. The van der Waals surface area contributed by atoms with Gasteiger partial charge in [0.1, 0.15) is 5.75 Å². The zero-order valence-corrected chi connectivity index (χ0v) is 11.8. The van der Waals surface area contributed by atoms with Gasteiger partial charge in [0.15, 0.2) is 0 Å². The van der Waals surface area contributed by atoms with Crippen molar-refractivity contribution >= 4 is 17.7 Å². The number of hydrogen-bond acceptors (Lipinski definition) is 3. The summed E-state index contributed by atoms with van der Waals surface area (Å²) in [4.78, 5) is 23.1. The van der Waals surface area contributed by atoms with E-state index in [1.165, 1.54) is 19.2 Å². The van der Waals surface area contributed by atoms with Crippen molar-refractivity contribution < 1.29 is 19.4 Å². The molecule has 0 heterocycles. The highest BCUT2D eigenvalue weighted by Gasteiger charge is 2.16. The fourth-order valence-corrected chi connectivity index (χ4v) is 2.21. The molecule has 1 aromatic rings. The van der Waals surface area contributed by atoms with Crippen molar-refractivity contribution in [1.29, 1.82) is 0 Å². The van der Waals surface area contributed by atoms with Gasteiger partial charge in [-0.1, -0.05) is 12.2 Å². The first-order chi connectivity index (χ1) is 10.1. The second kappa shape index (κ2) is 6.78. The van der Waals surface area contributed by atoms with Crippen molar-refractivity contribution in [2.45, 2.75) is 25.3 Å². The lowest BCUT2D eigenvalue weighted by molar-refractivity contribution is 0.0698. The number of hydrogen-bond donors (Lipinski definition) is 3. The molecule has 0 bridgehead atoms. The molecule has 0 aliphatic heterocycles. The lowest BCUT2D eigenvalue weighted by Gasteiger charge is -2.20. The standard InChI is InChI=1S/C15H18N2O4/c1-21-11-7-8-12(14(18)19)13(9-11)17-15(20)16-10-5-3-2-4-6-10/h2-3,7-10H,4-6H2,1H3,(H,18,19)(H2,16,17,20). The summed E-state index contributed by atoms with van der Waals surface area (Å²) in [7, 11) is 1.48. The third-order valence-electron chi connectivity index (χ3n) is 3.31. The lowest BCUT2D eigenvalue weighted by Crippen LogP contribution is -2.38. The van der Waals surface area contributed by atoms with Crippen LogP contribution in [0.1, 0.15) is 29.6 Å². The molecule has 2 amide bonds. The SMILES string of the molecule is COc1ccc(C(=O)O)c(NC(=O)NC2CC=CCC2)c1. The Bertz CT molecular complexity index is 569. The van der Waals surface area contributed by atoms with Crippen LogP contribution in [0.15, 0.2) is 30.4 Å². The minimum Gasteiger partial charge on any atom is -0.497 e. The van der Waals surface area contributed by atoms with Crippen LogP contribution >= 0.6 is 0 Å². The molecule has 0 saturated carbocycles. The number of anilines is 1. The van der Waals surface area contributed by atoms with Gasteiger partial charge in [-0.05, 0) is 31.4 Å². The predicted octanol–water partition coefficient (Wildman–Crippen LogP) is 2.62. The van der Waals surface area contributed by atoms with E-state index < -0.39 is 12.0 Å². The van der Waals surface area contributed by atoms with Crippen molar-refractivity contribution in [3.63, 3.8) is 0 Å². The molecular weight excluding hydrogens is 272 g/mol. The first-order valence-electron chi connectivity index (χ1n) is 6.74. The summed E-state index contributed by atoms with van der Waals surface area (Å²) in [5.74, 6) is -0.621. The molecule has 6 heteroatoms. The number of amides is 2. The number of carboxylic acid groups (broad SMARTS) is 1. The van der Waals surface area contributed by atoms with Gasteiger partial charge >= 0.3 is 12.0 Å². The second-order valence-electron chi connectivity index (χ2n) is 4.80. The Kier molecular flexibility index (Phi) is 4.81. The van der Waals surface area contributed by atoms with E-state index in [4.69, 9.17) is 9.84 Å². The predicted molar refractivity (Wildman–Crippen MR) is 78.9 cm³/mol. The zero-order chi connectivity index (χ0) is 15.2. The van der Waals surface area contributed by atoms with Crippen molar-refractivity contribution in [2.75, 3.05) is 12.4 Å². The molecular formula is C15H18N2O4. The number of allylic oxidation sites excluding steroid dienone is 1. The first kappa shape index (κ1) is 14.9. The highest BCUT2D eigenvalue weighted by molar-refractivity contribution is 6.00. The van der Waals surface area contributed by atoms with E-state index in [-0.39, 0.29) is 17.3 Å². The Labute approximate surface area is 122 Å². The Morgan fingerprint density at radius 1 is 1.33 bits per heavy atom. The van der Waals surface area contributed by atoms with Crippen LogP contribution in [0.5, 0.6) is 5.75 Å². The van der Waals surface area contributed by atoms with Gasteiger partial charge in [-0.3, -0.25) is 0 Å². The van der Waals surface area contributed by atoms with Gasteiger partial charge in [0, 0.05) is 12.1 Å². The molecule has 2 rings (SSSR count). The maximum atomic E-state index is 12.0. The third kappa shape index (κ3) is 3.98. The molecule has 21 heavy (non-hydrogen) atoms. The number of aromatic carboxylic acids is 1. The number of nitrogens with one attached hydrogen (secondary N) is 2. The van der Waals surface area contributed by atoms with Crippen molar-refractivity contribution in [1.82, 2.24) is 5.32 Å². The number of rotatable bonds is 4. The molecule has 1 aliphatic rings. The summed E-state index contributed by atoms with van der Waals surface area (Å²) in [5, 5.41) is 14.6. The number of ether oxygens (including phenoxy) is 1. The summed E-state index contributed by atoms with van der Waals surface area (Å²) < 4.78 is 5.05. The average molecular weight is 290 g/mol. The lowest BCUT2D eigenvalue weighted by atomic mass is 10.0. The van der Waals surface area contributed by atoms with E-state index in [1.54, 1.807) is 6.07 Å². The molecule has 1 aliphatic carbocycles. The van der Waals surface area contributed by atoms with Gasteiger partial charge < -0.3 is 20.5 Å². The van der Waals surface area contributed by atoms with Gasteiger partial charge in [0.05, 0.1) is 18.4 Å². The van der Waals surface area contributed by atoms with E-state index in [0.717, 1.165) is 19.3 Å². The average Bonchev–Trinajstić information content (AvgIpc) is 2.47. The maximum absolute atomic E-state index is 12.0. The monoisotopic (exact) mass is 290 g/mol.